The predicted molar refractivity (Wildman–Crippen MR) is 59.1 cm³/mol. The summed E-state index contributed by atoms with van der Waals surface area (Å²) in [6, 6.07) is 9.22. The molecule has 1 heterocycles. The van der Waals surface area contributed by atoms with Gasteiger partial charge in [0, 0.05) is 0 Å². The van der Waals surface area contributed by atoms with E-state index >= 15 is 0 Å². The average Bonchev–Trinajstić information content (AvgIpc) is 2.82. The van der Waals surface area contributed by atoms with Crippen LogP contribution in [0.4, 0.5) is 0 Å². The van der Waals surface area contributed by atoms with E-state index in [2.05, 4.69) is 21.6 Å². The molecule has 86 valence electrons. The number of rotatable bonds is 4. The summed E-state index contributed by atoms with van der Waals surface area (Å²) in [5.41, 5.74) is 0.524. The first kappa shape index (κ1) is 11.1. The van der Waals surface area contributed by atoms with Crippen molar-refractivity contribution in [1.82, 2.24) is 20.2 Å². The molecule has 0 N–H and O–H groups in total. The molecular weight excluding hydrogens is 218 g/mol. The number of nitriles is 1. The van der Waals surface area contributed by atoms with Crippen molar-refractivity contribution >= 4 is 0 Å². The van der Waals surface area contributed by atoms with E-state index < -0.39 is 0 Å². The number of aromatic nitrogens is 4. The summed E-state index contributed by atoms with van der Waals surface area (Å²) in [5.74, 6) is 0.579. The molecule has 0 aliphatic heterocycles. The second kappa shape index (κ2) is 5.07. The summed E-state index contributed by atoms with van der Waals surface area (Å²) < 4.78 is 7.25. The predicted octanol–water partition coefficient (Wildman–Crippen LogP) is 1.01. The Kier molecular flexibility index (Phi) is 3.31. The van der Waals surface area contributed by atoms with Crippen LogP contribution in [0.15, 0.2) is 30.6 Å². The standard InChI is InChI=1S/C11H11N5O/c1-9(7-16-8-13-14-15-16)17-11-5-3-2-4-10(11)6-12/h2-5,8-9H,7H2,1H3/t9-/m0/s1. The Morgan fingerprint density at radius 2 is 2.29 bits per heavy atom. The van der Waals surface area contributed by atoms with E-state index in [1.807, 2.05) is 13.0 Å². The van der Waals surface area contributed by atoms with Crippen LogP contribution in [0.3, 0.4) is 0 Å². The minimum absolute atomic E-state index is 0.118. The molecular formula is C11H11N5O. The highest BCUT2D eigenvalue weighted by Crippen LogP contribution is 2.18. The fourth-order valence-electron chi connectivity index (χ4n) is 1.44. The molecule has 0 saturated carbocycles. The summed E-state index contributed by atoms with van der Waals surface area (Å²) >= 11 is 0. The summed E-state index contributed by atoms with van der Waals surface area (Å²) in [4.78, 5) is 0. The van der Waals surface area contributed by atoms with Crippen LogP contribution in [0, 0.1) is 11.3 Å². The van der Waals surface area contributed by atoms with Gasteiger partial charge in [0.05, 0.1) is 12.1 Å². The molecule has 1 aromatic heterocycles. The second-order valence-electron chi connectivity index (χ2n) is 3.57. The summed E-state index contributed by atoms with van der Waals surface area (Å²) in [7, 11) is 0. The number of tetrazole rings is 1. The van der Waals surface area contributed by atoms with Gasteiger partial charge in [0.25, 0.3) is 0 Å². The smallest absolute Gasteiger partial charge is 0.138 e. The van der Waals surface area contributed by atoms with Crippen molar-refractivity contribution in [3.63, 3.8) is 0 Å². The van der Waals surface area contributed by atoms with Crippen molar-refractivity contribution in [1.29, 1.82) is 5.26 Å². The maximum Gasteiger partial charge on any atom is 0.138 e. The Morgan fingerprint density at radius 3 is 3.00 bits per heavy atom. The third kappa shape index (κ3) is 2.78. The van der Waals surface area contributed by atoms with Gasteiger partial charge < -0.3 is 4.74 Å². The molecule has 2 aromatic rings. The molecule has 1 aromatic carbocycles. The van der Waals surface area contributed by atoms with Crippen molar-refractivity contribution in [2.45, 2.75) is 19.6 Å². The molecule has 0 fully saturated rings. The largest absolute Gasteiger partial charge is 0.487 e. The summed E-state index contributed by atoms with van der Waals surface area (Å²) in [5, 5.41) is 19.8. The molecule has 1 atom stereocenters. The van der Waals surface area contributed by atoms with Gasteiger partial charge in [-0.15, -0.1) is 5.10 Å². The zero-order valence-electron chi connectivity index (χ0n) is 9.32. The van der Waals surface area contributed by atoms with Crippen LogP contribution in [0.25, 0.3) is 0 Å². The summed E-state index contributed by atoms with van der Waals surface area (Å²) in [6.45, 7) is 2.43. The van der Waals surface area contributed by atoms with E-state index in [0.29, 0.717) is 17.9 Å². The van der Waals surface area contributed by atoms with E-state index in [1.165, 1.54) is 6.33 Å². The Labute approximate surface area is 98.4 Å². The van der Waals surface area contributed by atoms with Crippen molar-refractivity contribution in [2.75, 3.05) is 0 Å². The van der Waals surface area contributed by atoms with Gasteiger partial charge in [-0.25, -0.2) is 4.68 Å². The van der Waals surface area contributed by atoms with Crippen LogP contribution in [0.1, 0.15) is 12.5 Å². The topological polar surface area (TPSA) is 76.6 Å². The molecule has 6 heteroatoms. The van der Waals surface area contributed by atoms with Gasteiger partial charge in [-0.1, -0.05) is 12.1 Å². The highest BCUT2D eigenvalue weighted by Gasteiger charge is 2.08. The first-order chi connectivity index (χ1) is 8.29. The maximum atomic E-state index is 8.92. The van der Waals surface area contributed by atoms with Gasteiger partial charge in [-0.3, -0.25) is 0 Å². The molecule has 0 saturated heterocycles. The molecule has 17 heavy (non-hydrogen) atoms. The molecule has 0 aliphatic carbocycles. The fourth-order valence-corrected chi connectivity index (χ4v) is 1.44. The van der Waals surface area contributed by atoms with Gasteiger partial charge in [0.15, 0.2) is 0 Å². The number of benzene rings is 1. The highest BCUT2D eigenvalue weighted by molar-refractivity contribution is 5.42. The molecule has 2 rings (SSSR count). The molecule has 0 unspecified atom stereocenters. The van der Waals surface area contributed by atoms with Crippen molar-refractivity contribution in [2.24, 2.45) is 0 Å². The number of hydrogen-bond donors (Lipinski definition) is 0. The SMILES string of the molecule is C[C@@H](Cn1cnnn1)Oc1ccccc1C#N. The van der Waals surface area contributed by atoms with E-state index in [0.717, 1.165) is 0 Å². The van der Waals surface area contributed by atoms with Crippen LogP contribution >= 0.6 is 0 Å². The zero-order valence-corrected chi connectivity index (χ0v) is 9.32. The second-order valence-corrected chi connectivity index (χ2v) is 3.57. The number of hydrogen-bond acceptors (Lipinski definition) is 5. The lowest BCUT2D eigenvalue weighted by Crippen LogP contribution is -2.20. The lowest BCUT2D eigenvalue weighted by molar-refractivity contribution is 0.192. The van der Waals surface area contributed by atoms with Crippen LogP contribution < -0.4 is 4.74 Å². The van der Waals surface area contributed by atoms with Gasteiger partial charge in [-0.2, -0.15) is 5.26 Å². The van der Waals surface area contributed by atoms with Crippen molar-refractivity contribution < 1.29 is 4.74 Å². The van der Waals surface area contributed by atoms with Gasteiger partial charge in [-0.05, 0) is 29.5 Å². The van der Waals surface area contributed by atoms with E-state index in [1.54, 1.807) is 22.9 Å². The molecule has 0 aliphatic rings. The van der Waals surface area contributed by atoms with Crippen LogP contribution in [0.2, 0.25) is 0 Å². The molecule has 0 radical (unpaired) electrons. The van der Waals surface area contributed by atoms with E-state index in [-0.39, 0.29) is 6.10 Å². The first-order valence-electron chi connectivity index (χ1n) is 5.16. The maximum absolute atomic E-state index is 8.92. The van der Waals surface area contributed by atoms with Crippen molar-refractivity contribution in [3.8, 4) is 11.8 Å². The molecule has 0 spiro atoms. The Morgan fingerprint density at radius 1 is 1.47 bits per heavy atom. The minimum atomic E-state index is -0.118. The number of nitrogens with zero attached hydrogens (tertiary/aromatic N) is 5. The zero-order chi connectivity index (χ0) is 12.1. The highest BCUT2D eigenvalue weighted by atomic mass is 16.5. The van der Waals surface area contributed by atoms with Crippen LogP contribution in [-0.2, 0) is 6.54 Å². The first-order valence-corrected chi connectivity index (χ1v) is 5.16. The van der Waals surface area contributed by atoms with E-state index in [9.17, 15) is 0 Å². The lowest BCUT2D eigenvalue weighted by atomic mass is 10.2. The molecule has 0 amide bonds. The Balaban J connectivity index is 2.03. The molecule has 6 nitrogen and oxygen atoms in total. The fraction of sp³-hybridized carbons (Fsp3) is 0.273. The quantitative estimate of drug-likeness (QED) is 0.782. The minimum Gasteiger partial charge on any atom is -0.487 e. The Hall–Kier alpha value is -2.42. The third-order valence-electron chi connectivity index (χ3n) is 2.17. The number of ether oxygens (including phenoxy) is 1. The monoisotopic (exact) mass is 229 g/mol. The average molecular weight is 229 g/mol. The van der Waals surface area contributed by atoms with E-state index in [4.69, 9.17) is 10.00 Å². The van der Waals surface area contributed by atoms with Gasteiger partial charge >= 0.3 is 0 Å². The number of para-hydroxylation sites is 1. The van der Waals surface area contributed by atoms with Crippen LogP contribution in [-0.4, -0.2) is 26.3 Å². The van der Waals surface area contributed by atoms with Gasteiger partial charge in [0.2, 0.25) is 0 Å². The summed E-state index contributed by atoms with van der Waals surface area (Å²) in [6.07, 6.45) is 1.41. The normalized spacial score (nSPS) is 11.8. The lowest BCUT2D eigenvalue weighted by Gasteiger charge is -2.14. The van der Waals surface area contributed by atoms with Crippen molar-refractivity contribution in [3.05, 3.63) is 36.2 Å². The van der Waals surface area contributed by atoms with Gasteiger partial charge in [0.1, 0.15) is 24.3 Å². The van der Waals surface area contributed by atoms with Crippen LogP contribution in [0.5, 0.6) is 5.75 Å². The molecule has 0 bridgehead atoms. The third-order valence-corrected chi connectivity index (χ3v) is 2.17. The Bertz CT molecular complexity index is 517.